The largest absolute Gasteiger partial charge is 0.471 e. The minimum absolute atomic E-state index is 0.0924. The molecule has 11 nitrogen and oxygen atoms in total. The summed E-state index contributed by atoms with van der Waals surface area (Å²) in [7, 11) is 0. The SMILES string of the molecule is O=C(CO)C[C@@H](NC(=O)C(Cl)Cl)[C@H](OC(=O)c1ccc(NC(=O)C(F)(F)F)cc1)c1ccc([N+](=O)[O-])cc1. The second-order valence-corrected chi connectivity index (χ2v) is 8.62. The van der Waals surface area contributed by atoms with E-state index in [2.05, 4.69) is 5.32 Å². The van der Waals surface area contributed by atoms with Gasteiger partial charge in [-0.05, 0) is 42.0 Å². The Morgan fingerprint density at radius 3 is 2.08 bits per heavy atom. The fourth-order valence-electron chi connectivity index (χ4n) is 3.03. The first-order chi connectivity index (χ1) is 17.7. The Bertz CT molecular complexity index is 1190. The molecular formula is C22H18Cl2F3N3O8. The molecule has 0 heterocycles. The molecule has 0 saturated heterocycles. The predicted octanol–water partition coefficient (Wildman–Crippen LogP) is 3.23. The number of nitro benzene ring substituents is 1. The zero-order valence-corrected chi connectivity index (χ0v) is 20.4. The average molecular weight is 580 g/mol. The molecule has 2 aromatic carbocycles. The van der Waals surface area contributed by atoms with Gasteiger partial charge in [0.2, 0.25) is 0 Å². The van der Waals surface area contributed by atoms with E-state index < -0.39 is 64.7 Å². The molecule has 3 N–H and O–H groups in total. The van der Waals surface area contributed by atoms with E-state index in [1.807, 2.05) is 0 Å². The maximum atomic E-state index is 12.9. The predicted molar refractivity (Wildman–Crippen MR) is 127 cm³/mol. The van der Waals surface area contributed by atoms with Crippen molar-refractivity contribution in [1.82, 2.24) is 5.32 Å². The number of nitro groups is 1. The molecule has 0 radical (unpaired) electrons. The van der Waals surface area contributed by atoms with Crippen LogP contribution in [0.2, 0.25) is 0 Å². The number of alkyl halides is 5. The lowest BCUT2D eigenvalue weighted by Crippen LogP contribution is -2.44. The number of aliphatic hydroxyl groups is 1. The van der Waals surface area contributed by atoms with Gasteiger partial charge >= 0.3 is 18.1 Å². The highest BCUT2D eigenvalue weighted by Gasteiger charge is 2.38. The summed E-state index contributed by atoms with van der Waals surface area (Å²) in [5.74, 6) is -5.05. The van der Waals surface area contributed by atoms with Crippen LogP contribution in [0.3, 0.4) is 0 Å². The number of carbonyl (C=O) groups excluding carboxylic acids is 4. The van der Waals surface area contributed by atoms with Crippen LogP contribution in [0.15, 0.2) is 48.5 Å². The second-order valence-electron chi connectivity index (χ2n) is 7.52. The molecule has 16 heteroatoms. The number of nitrogens with zero attached hydrogens (tertiary/aromatic N) is 1. The lowest BCUT2D eigenvalue weighted by molar-refractivity contribution is -0.384. The molecule has 2 amide bonds. The van der Waals surface area contributed by atoms with Crippen molar-refractivity contribution >= 4 is 58.1 Å². The number of amides is 2. The van der Waals surface area contributed by atoms with Crippen LogP contribution in [0, 0.1) is 10.1 Å². The van der Waals surface area contributed by atoms with Crippen LogP contribution in [-0.4, -0.2) is 57.3 Å². The smallest absolute Gasteiger partial charge is 0.452 e. The van der Waals surface area contributed by atoms with Gasteiger partial charge < -0.3 is 20.5 Å². The van der Waals surface area contributed by atoms with Gasteiger partial charge in [-0.2, -0.15) is 13.2 Å². The van der Waals surface area contributed by atoms with Crippen molar-refractivity contribution in [3.63, 3.8) is 0 Å². The third-order valence-electron chi connectivity index (χ3n) is 4.82. The van der Waals surface area contributed by atoms with Crippen molar-refractivity contribution in [2.75, 3.05) is 11.9 Å². The van der Waals surface area contributed by atoms with Crippen molar-refractivity contribution in [2.45, 2.75) is 29.6 Å². The van der Waals surface area contributed by atoms with E-state index >= 15 is 0 Å². The van der Waals surface area contributed by atoms with Gasteiger partial charge in [0.1, 0.15) is 12.7 Å². The maximum absolute atomic E-state index is 12.9. The second kappa shape index (κ2) is 13.2. The number of rotatable bonds is 11. The highest BCUT2D eigenvalue weighted by Crippen LogP contribution is 2.28. The van der Waals surface area contributed by atoms with Gasteiger partial charge in [0.15, 0.2) is 10.6 Å². The Hall–Kier alpha value is -3.75. The van der Waals surface area contributed by atoms with Gasteiger partial charge in [-0.25, -0.2) is 4.79 Å². The number of esters is 1. The molecule has 0 unspecified atom stereocenters. The Kier molecular flexibility index (Phi) is 10.6. The summed E-state index contributed by atoms with van der Waals surface area (Å²) in [5.41, 5.74) is -0.698. The number of carbonyl (C=O) groups is 4. The summed E-state index contributed by atoms with van der Waals surface area (Å²) in [6, 6.07) is 7.30. The molecule has 0 aromatic heterocycles. The first-order valence-electron chi connectivity index (χ1n) is 10.4. The van der Waals surface area contributed by atoms with E-state index in [-0.39, 0.29) is 22.5 Å². The molecule has 2 rings (SSSR count). The number of anilines is 1. The highest BCUT2D eigenvalue weighted by atomic mass is 35.5. The molecule has 38 heavy (non-hydrogen) atoms. The van der Waals surface area contributed by atoms with Crippen LogP contribution >= 0.6 is 23.2 Å². The Morgan fingerprint density at radius 1 is 1.03 bits per heavy atom. The molecule has 2 atom stereocenters. The molecule has 0 fully saturated rings. The quantitative estimate of drug-likeness (QED) is 0.158. The standard InChI is InChI=1S/C22H18Cl2F3N3O8/c23-18(24)19(33)29-16(9-15(32)10-31)17(11-3-7-14(8-4-11)30(36)37)38-20(34)12-1-5-13(6-2-12)28-21(35)22(25,26)27/h1-8,16-18,31H,9-10H2,(H,28,35)(H,29,33)/t16-,17-/m1/s1. The van der Waals surface area contributed by atoms with Crippen LogP contribution in [0.1, 0.15) is 28.4 Å². The summed E-state index contributed by atoms with van der Waals surface area (Å²) >= 11 is 11.1. The number of non-ortho nitro benzene ring substituents is 1. The van der Waals surface area contributed by atoms with Gasteiger partial charge in [-0.15, -0.1) is 0 Å². The minimum atomic E-state index is -5.13. The number of Topliss-reactive ketones (excluding diaryl/α,β-unsaturated/α-hetero) is 1. The van der Waals surface area contributed by atoms with Crippen LogP contribution in [-0.2, 0) is 19.1 Å². The lowest BCUT2D eigenvalue weighted by atomic mass is 9.97. The molecule has 2 aromatic rings. The van der Waals surface area contributed by atoms with E-state index in [1.54, 1.807) is 5.32 Å². The maximum Gasteiger partial charge on any atom is 0.471 e. The van der Waals surface area contributed by atoms with E-state index in [4.69, 9.17) is 27.9 Å². The third kappa shape index (κ3) is 8.68. The van der Waals surface area contributed by atoms with E-state index in [0.29, 0.717) is 0 Å². The zero-order chi connectivity index (χ0) is 28.6. The summed E-state index contributed by atoms with van der Waals surface area (Å²) in [5, 5.41) is 24.1. The molecule has 0 aliphatic carbocycles. The van der Waals surface area contributed by atoms with Gasteiger partial charge in [0.25, 0.3) is 11.6 Å². The van der Waals surface area contributed by atoms with Crippen LogP contribution in [0.4, 0.5) is 24.5 Å². The number of benzene rings is 2. The summed E-state index contributed by atoms with van der Waals surface area (Å²) in [4.78, 5) is 56.8. The van der Waals surface area contributed by atoms with Gasteiger partial charge in [-0.3, -0.25) is 24.5 Å². The van der Waals surface area contributed by atoms with Crippen molar-refractivity contribution in [3.8, 4) is 0 Å². The summed E-state index contributed by atoms with van der Waals surface area (Å²) < 4.78 is 42.8. The third-order valence-corrected chi connectivity index (χ3v) is 5.21. The van der Waals surface area contributed by atoms with Crippen LogP contribution < -0.4 is 10.6 Å². The molecule has 0 bridgehead atoms. The Morgan fingerprint density at radius 2 is 1.61 bits per heavy atom. The number of hydrogen-bond donors (Lipinski definition) is 3. The first kappa shape index (κ1) is 30.5. The fourth-order valence-corrected chi connectivity index (χ4v) is 3.16. The van der Waals surface area contributed by atoms with Crippen molar-refractivity contribution in [2.24, 2.45) is 0 Å². The molecule has 0 saturated carbocycles. The van der Waals surface area contributed by atoms with E-state index in [9.17, 15) is 47.6 Å². The summed E-state index contributed by atoms with van der Waals surface area (Å²) in [6.07, 6.45) is -7.17. The number of ether oxygens (including phenoxy) is 1. The molecule has 0 aliphatic heterocycles. The molecule has 0 aliphatic rings. The normalized spacial score (nSPS) is 12.8. The fraction of sp³-hybridized carbons (Fsp3) is 0.273. The van der Waals surface area contributed by atoms with Gasteiger partial charge in [0, 0.05) is 24.2 Å². The van der Waals surface area contributed by atoms with Crippen molar-refractivity contribution in [3.05, 3.63) is 69.8 Å². The molecule has 0 spiro atoms. The number of hydrogen-bond acceptors (Lipinski definition) is 8. The topological polar surface area (TPSA) is 165 Å². The van der Waals surface area contributed by atoms with Crippen molar-refractivity contribution in [1.29, 1.82) is 0 Å². The number of ketones is 1. The minimum Gasteiger partial charge on any atom is -0.452 e. The van der Waals surface area contributed by atoms with Crippen LogP contribution in [0.5, 0.6) is 0 Å². The van der Waals surface area contributed by atoms with Gasteiger partial charge in [-0.1, -0.05) is 23.2 Å². The number of nitrogens with one attached hydrogen (secondary N) is 2. The first-order valence-corrected chi connectivity index (χ1v) is 11.2. The molecule has 204 valence electrons. The Balaban J connectivity index is 2.39. The van der Waals surface area contributed by atoms with Crippen molar-refractivity contribution < 1.29 is 47.1 Å². The van der Waals surface area contributed by atoms with E-state index in [0.717, 1.165) is 36.4 Å². The van der Waals surface area contributed by atoms with Crippen LogP contribution in [0.25, 0.3) is 0 Å². The lowest BCUT2D eigenvalue weighted by Gasteiger charge is -2.28. The number of halogens is 5. The van der Waals surface area contributed by atoms with E-state index in [1.165, 1.54) is 12.1 Å². The molecular weight excluding hydrogens is 562 g/mol. The zero-order valence-electron chi connectivity index (χ0n) is 18.9. The monoisotopic (exact) mass is 579 g/mol. The average Bonchev–Trinajstić information content (AvgIpc) is 2.86. The van der Waals surface area contributed by atoms with Gasteiger partial charge in [0.05, 0.1) is 16.5 Å². The Labute approximate surface area is 222 Å². The number of aliphatic hydroxyl groups excluding tert-OH is 1. The highest BCUT2D eigenvalue weighted by molar-refractivity contribution is 6.53. The summed E-state index contributed by atoms with van der Waals surface area (Å²) in [6.45, 7) is -0.927.